The van der Waals surface area contributed by atoms with Crippen molar-refractivity contribution in [2.75, 3.05) is 48.8 Å². The smallest absolute Gasteiger partial charge is 0.227 e. The summed E-state index contributed by atoms with van der Waals surface area (Å²) in [6.45, 7) is 3.38. The highest BCUT2D eigenvalue weighted by atomic mass is 32.2. The normalized spacial score (nSPS) is 20.4. The Kier molecular flexibility index (Phi) is 5.18. The number of hydrogen-bond acceptors (Lipinski definition) is 10. The van der Waals surface area contributed by atoms with Crippen LogP contribution < -0.4 is 10.2 Å². The summed E-state index contributed by atoms with van der Waals surface area (Å²) in [6, 6.07) is 2.01. The number of aromatic nitrogens is 6. The van der Waals surface area contributed by atoms with Crippen LogP contribution in [-0.2, 0) is 11.8 Å². The highest BCUT2D eigenvalue weighted by molar-refractivity contribution is 7.99. The van der Waals surface area contributed by atoms with Crippen molar-refractivity contribution in [2.45, 2.75) is 23.6 Å². The largest absolute Gasteiger partial charge is 0.389 e. The fourth-order valence-electron chi connectivity index (χ4n) is 2.95. The van der Waals surface area contributed by atoms with Gasteiger partial charge in [0.1, 0.15) is 5.82 Å². The minimum absolute atomic E-state index is 0.287. The van der Waals surface area contributed by atoms with Gasteiger partial charge in [0, 0.05) is 51.0 Å². The van der Waals surface area contributed by atoms with Crippen LogP contribution in [0.3, 0.4) is 0 Å². The van der Waals surface area contributed by atoms with Gasteiger partial charge in [0.2, 0.25) is 11.1 Å². The lowest BCUT2D eigenvalue weighted by molar-refractivity contribution is 0.140. The summed E-state index contributed by atoms with van der Waals surface area (Å²) in [4.78, 5) is 11.3. The van der Waals surface area contributed by atoms with Gasteiger partial charge in [0.15, 0.2) is 0 Å². The third-order valence-corrected chi connectivity index (χ3v) is 5.46. The minimum Gasteiger partial charge on any atom is -0.389 e. The van der Waals surface area contributed by atoms with Crippen molar-refractivity contribution in [3.05, 3.63) is 11.8 Å². The van der Waals surface area contributed by atoms with Crippen molar-refractivity contribution in [1.29, 1.82) is 0 Å². The number of β-amino-alcohol motifs (C(OH)–C–C–N with tert-alkyl or cyclic N) is 1. The number of ether oxygens (including phenoxy) is 1. The molecule has 1 atom stereocenters. The molecule has 11 heteroatoms. The Morgan fingerprint density at radius 3 is 2.96 bits per heavy atom. The Hall–Kier alpha value is -1.98. The van der Waals surface area contributed by atoms with E-state index in [1.807, 2.05) is 18.0 Å². The summed E-state index contributed by atoms with van der Waals surface area (Å²) < 4.78 is 7.15. The van der Waals surface area contributed by atoms with Crippen LogP contribution in [-0.4, -0.2) is 80.0 Å². The molecule has 0 amide bonds. The quantitative estimate of drug-likeness (QED) is 0.499. The van der Waals surface area contributed by atoms with Gasteiger partial charge < -0.3 is 20.1 Å². The first kappa shape index (κ1) is 17.4. The topological polar surface area (TPSA) is 114 Å². The molecular formula is C15H22N8O2S. The number of hydrogen-bond donors (Lipinski definition) is 2. The van der Waals surface area contributed by atoms with Gasteiger partial charge in [-0.1, -0.05) is 11.8 Å². The number of tetrazole rings is 1. The Labute approximate surface area is 155 Å². The van der Waals surface area contributed by atoms with E-state index in [0.29, 0.717) is 31.6 Å². The number of thioether (sulfide) groups is 1. The molecule has 2 saturated heterocycles. The first-order chi connectivity index (χ1) is 12.7. The first-order valence-corrected chi connectivity index (χ1v) is 9.66. The van der Waals surface area contributed by atoms with Gasteiger partial charge in [-0.15, -0.1) is 5.10 Å². The summed E-state index contributed by atoms with van der Waals surface area (Å²) >= 11 is 1.59. The first-order valence-electron chi connectivity index (χ1n) is 8.68. The van der Waals surface area contributed by atoms with Crippen molar-refractivity contribution >= 4 is 23.5 Å². The molecule has 140 valence electrons. The monoisotopic (exact) mass is 378 g/mol. The van der Waals surface area contributed by atoms with Crippen molar-refractivity contribution in [3.8, 4) is 0 Å². The lowest BCUT2D eigenvalue weighted by Crippen LogP contribution is -2.51. The van der Waals surface area contributed by atoms with E-state index in [0.717, 1.165) is 42.0 Å². The van der Waals surface area contributed by atoms with E-state index in [4.69, 9.17) is 9.72 Å². The Balaban J connectivity index is 1.41. The molecule has 2 fully saturated rings. The highest BCUT2D eigenvalue weighted by Gasteiger charge is 2.28. The SMILES string of the molecule is Cn1nnnc1SCCNc1cc(C2CCOC2)nc(N2CC(O)C2)n1. The van der Waals surface area contributed by atoms with Crippen LogP contribution in [0.15, 0.2) is 11.2 Å². The number of aliphatic hydroxyl groups excluding tert-OH is 1. The predicted molar refractivity (Wildman–Crippen MR) is 96.4 cm³/mol. The van der Waals surface area contributed by atoms with Crippen LogP contribution in [0, 0.1) is 0 Å². The molecule has 0 aliphatic carbocycles. The molecule has 0 radical (unpaired) electrons. The Morgan fingerprint density at radius 2 is 2.27 bits per heavy atom. The van der Waals surface area contributed by atoms with Gasteiger partial charge in [-0.25, -0.2) is 9.67 Å². The number of aryl methyl sites for hydroxylation is 1. The van der Waals surface area contributed by atoms with Crippen molar-refractivity contribution in [2.24, 2.45) is 7.05 Å². The maximum atomic E-state index is 9.56. The van der Waals surface area contributed by atoms with E-state index < -0.39 is 0 Å². The molecule has 0 spiro atoms. The van der Waals surface area contributed by atoms with Crippen LogP contribution in [0.4, 0.5) is 11.8 Å². The molecule has 0 bridgehead atoms. The second-order valence-electron chi connectivity index (χ2n) is 6.46. The van der Waals surface area contributed by atoms with Crippen molar-refractivity contribution in [1.82, 2.24) is 30.2 Å². The molecule has 2 aliphatic rings. The van der Waals surface area contributed by atoms with E-state index in [1.165, 1.54) is 0 Å². The van der Waals surface area contributed by atoms with Crippen LogP contribution in [0.5, 0.6) is 0 Å². The van der Waals surface area contributed by atoms with Crippen LogP contribution in [0.1, 0.15) is 18.0 Å². The highest BCUT2D eigenvalue weighted by Crippen LogP contribution is 2.28. The minimum atomic E-state index is -0.287. The average molecular weight is 378 g/mol. The zero-order chi connectivity index (χ0) is 17.9. The molecular weight excluding hydrogens is 356 g/mol. The van der Waals surface area contributed by atoms with Gasteiger partial charge >= 0.3 is 0 Å². The molecule has 26 heavy (non-hydrogen) atoms. The fraction of sp³-hybridized carbons (Fsp3) is 0.667. The van der Waals surface area contributed by atoms with Crippen LogP contribution in [0.25, 0.3) is 0 Å². The Morgan fingerprint density at radius 1 is 1.38 bits per heavy atom. The molecule has 0 saturated carbocycles. The molecule has 2 N–H and O–H groups in total. The van der Waals surface area contributed by atoms with Gasteiger partial charge in [-0.05, 0) is 16.8 Å². The van der Waals surface area contributed by atoms with E-state index >= 15 is 0 Å². The third-order valence-electron chi connectivity index (χ3n) is 4.45. The zero-order valence-electron chi connectivity index (χ0n) is 14.6. The molecule has 4 heterocycles. The summed E-state index contributed by atoms with van der Waals surface area (Å²) in [7, 11) is 1.82. The average Bonchev–Trinajstić information content (AvgIpc) is 3.28. The Bertz CT molecular complexity index is 745. The molecule has 2 aromatic heterocycles. The lowest BCUT2D eigenvalue weighted by atomic mass is 10.0. The number of anilines is 2. The van der Waals surface area contributed by atoms with Crippen LogP contribution in [0.2, 0.25) is 0 Å². The summed E-state index contributed by atoms with van der Waals surface area (Å²) in [5.41, 5.74) is 1.00. The fourth-order valence-corrected chi connectivity index (χ4v) is 3.65. The third kappa shape index (κ3) is 3.89. The molecule has 1 unspecified atom stereocenters. The number of aliphatic hydroxyl groups is 1. The molecule has 0 aromatic carbocycles. The van der Waals surface area contributed by atoms with Gasteiger partial charge in [-0.2, -0.15) is 4.98 Å². The second-order valence-corrected chi connectivity index (χ2v) is 7.52. The van der Waals surface area contributed by atoms with Crippen molar-refractivity contribution in [3.63, 3.8) is 0 Å². The van der Waals surface area contributed by atoms with Crippen molar-refractivity contribution < 1.29 is 9.84 Å². The summed E-state index contributed by atoms with van der Waals surface area (Å²) in [6.07, 6.45) is 0.693. The van der Waals surface area contributed by atoms with Gasteiger partial charge in [-0.3, -0.25) is 0 Å². The van der Waals surface area contributed by atoms with E-state index in [2.05, 4.69) is 25.8 Å². The predicted octanol–water partition coefficient (Wildman–Crippen LogP) is -0.111. The molecule has 2 aromatic rings. The van der Waals surface area contributed by atoms with Crippen LogP contribution >= 0.6 is 11.8 Å². The van der Waals surface area contributed by atoms with E-state index in [-0.39, 0.29) is 6.10 Å². The molecule has 2 aliphatic heterocycles. The lowest BCUT2D eigenvalue weighted by Gasteiger charge is -2.36. The van der Waals surface area contributed by atoms with Gasteiger partial charge in [0.25, 0.3) is 0 Å². The summed E-state index contributed by atoms with van der Waals surface area (Å²) in [5.74, 6) is 2.60. The maximum Gasteiger partial charge on any atom is 0.227 e. The number of rotatable bonds is 7. The standard InChI is InChI=1S/C15H22N8O2S/c1-22-15(19-20-21-22)26-5-3-16-13-6-12(10-2-4-25-9-10)17-14(18-13)23-7-11(24)8-23/h6,10-11,24H,2-5,7-9H2,1H3,(H,16,17,18). The molecule has 4 rings (SSSR count). The van der Waals surface area contributed by atoms with Gasteiger partial charge in [0.05, 0.1) is 18.4 Å². The maximum absolute atomic E-state index is 9.56. The zero-order valence-corrected chi connectivity index (χ0v) is 15.4. The summed E-state index contributed by atoms with van der Waals surface area (Å²) in [5, 5.41) is 25.1. The van der Waals surface area contributed by atoms with E-state index in [9.17, 15) is 5.11 Å². The molecule has 10 nitrogen and oxygen atoms in total. The second kappa shape index (κ2) is 7.72. The van der Waals surface area contributed by atoms with E-state index in [1.54, 1.807) is 16.4 Å². The number of nitrogens with one attached hydrogen (secondary N) is 1. The number of nitrogens with zero attached hydrogens (tertiary/aromatic N) is 7.